The topological polar surface area (TPSA) is 55.4 Å². The summed E-state index contributed by atoms with van der Waals surface area (Å²) in [6.07, 6.45) is 3.03. The van der Waals surface area contributed by atoms with Crippen molar-refractivity contribution >= 4 is 29.1 Å². The first-order chi connectivity index (χ1) is 11.6. The molecular formula is C19H21NO3S. The summed E-state index contributed by atoms with van der Waals surface area (Å²) in [5.41, 5.74) is 1.47. The molecule has 0 atom stereocenters. The summed E-state index contributed by atoms with van der Waals surface area (Å²) in [4.78, 5) is 24.2. The number of benzene rings is 2. The van der Waals surface area contributed by atoms with Gasteiger partial charge < -0.3 is 10.1 Å². The third-order valence-electron chi connectivity index (χ3n) is 3.43. The van der Waals surface area contributed by atoms with Gasteiger partial charge in [0.25, 0.3) is 0 Å². The predicted octanol–water partition coefficient (Wildman–Crippen LogP) is 4.41. The van der Waals surface area contributed by atoms with E-state index >= 15 is 0 Å². The quantitative estimate of drug-likeness (QED) is 0.438. The van der Waals surface area contributed by atoms with E-state index in [1.165, 1.54) is 6.92 Å². The van der Waals surface area contributed by atoms with Crippen molar-refractivity contribution in [2.45, 2.75) is 24.7 Å². The number of amides is 1. The molecule has 0 aliphatic carbocycles. The average Bonchev–Trinajstić information content (AvgIpc) is 2.59. The van der Waals surface area contributed by atoms with Gasteiger partial charge in [-0.2, -0.15) is 0 Å². The maximum atomic E-state index is 11.9. The van der Waals surface area contributed by atoms with Crippen LogP contribution in [0, 0.1) is 0 Å². The molecule has 5 heteroatoms. The number of anilines is 1. The highest BCUT2D eigenvalue weighted by Gasteiger charge is 2.04. The SMILES string of the molecule is CSc1cccc(NC(=O)CCCOc2ccc(C(C)=O)cc2)c1. The number of thioether (sulfide) groups is 1. The monoisotopic (exact) mass is 343 g/mol. The molecule has 0 radical (unpaired) electrons. The number of hydrogen-bond acceptors (Lipinski definition) is 4. The lowest BCUT2D eigenvalue weighted by molar-refractivity contribution is -0.116. The Morgan fingerprint density at radius 1 is 1.12 bits per heavy atom. The predicted molar refractivity (Wildman–Crippen MR) is 98.0 cm³/mol. The summed E-state index contributed by atoms with van der Waals surface area (Å²) in [6.45, 7) is 1.99. The standard InChI is InChI=1S/C19H21NO3S/c1-14(21)15-8-10-17(11-9-15)23-12-4-7-19(22)20-16-5-3-6-18(13-16)24-2/h3,5-6,8-11,13H,4,7,12H2,1-2H3,(H,20,22). The van der Waals surface area contributed by atoms with Crippen molar-refractivity contribution in [3.05, 3.63) is 54.1 Å². The molecule has 1 N–H and O–H groups in total. The molecule has 2 rings (SSSR count). The second kappa shape index (κ2) is 9.13. The number of hydrogen-bond donors (Lipinski definition) is 1. The molecule has 0 bridgehead atoms. The Hall–Kier alpha value is -2.27. The molecule has 0 unspecified atom stereocenters. The van der Waals surface area contributed by atoms with E-state index in [4.69, 9.17) is 4.74 Å². The maximum absolute atomic E-state index is 11.9. The van der Waals surface area contributed by atoms with Crippen LogP contribution in [-0.2, 0) is 4.79 Å². The Morgan fingerprint density at radius 2 is 1.88 bits per heavy atom. The molecule has 0 aliphatic heterocycles. The summed E-state index contributed by atoms with van der Waals surface area (Å²) in [5, 5.41) is 2.89. The average molecular weight is 343 g/mol. The minimum atomic E-state index is -0.0243. The minimum Gasteiger partial charge on any atom is -0.494 e. The van der Waals surface area contributed by atoms with Gasteiger partial charge in [0.15, 0.2) is 5.78 Å². The van der Waals surface area contributed by atoms with E-state index < -0.39 is 0 Å². The van der Waals surface area contributed by atoms with Crippen LogP contribution in [0.5, 0.6) is 5.75 Å². The maximum Gasteiger partial charge on any atom is 0.224 e. The van der Waals surface area contributed by atoms with Gasteiger partial charge in [0.2, 0.25) is 5.91 Å². The lowest BCUT2D eigenvalue weighted by Gasteiger charge is -2.08. The fourth-order valence-electron chi connectivity index (χ4n) is 2.13. The van der Waals surface area contributed by atoms with Crippen LogP contribution in [0.3, 0.4) is 0 Å². The summed E-state index contributed by atoms with van der Waals surface area (Å²) >= 11 is 1.64. The molecule has 24 heavy (non-hydrogen) atoms. The Bertz CT molecular complexity index is 698. The van der Waals surface area contributed by atoms with E-state index in [0.29, 0.717) is 30.8 Å². The van der Waals surface area contributed by atoms with E-state index in [2.05, 4.69) is 5.32 Å². The summed E-state index contributed by atoms with van der Waals surface area (Å²) in [7, 11) is 0. The van der Waals surface area contributed by atoms with E-state index in [-0.39, 0.29) is 11.7 Å². The molecular weight excluding hydrogens is 322 g/mol. The molecule has 1 amide bonds. The molecule has 0 saturated heterocycles. The zero-order valence-corrected chi connectivity index (χ0v) is 14.7. The van der Waals surface area contributed by atoms with Crippen LogP contribution in [0.2, 0.25) is 0 Å². The van der Waals surface area contributed by atoms with E-state index in [0.717, 1.165) is 10.6 Å². The Kier molecular flexibility index (Phi) is 6.88. The van der Waals surface area contributed by atoms with Gasteiger partial charge in [-0.15, -0.1) is 11.8 Å². The van der Waals surface area contributed by atoms with Crippen molar-refractivity contribution < 1.29 is 14.3 Å². The number of ketones is 1. The molecule has 0 aliphatic rings. The van der Waals surface area contributed by atoms with E-state index in [1.54, 1.807) is 36.0 Å². The Balaban J connectivity index is 1.71. The lowest BCUT2D eigenvalue weighted by Crippen LogP contribution is -2.12. The minimum absolute atomic E-state index is 0.0243. The first-order valence-corrected chi connectivity index (χ1v) is 8.98. The van der Waals surface area contributed by atoms with Gasteiger partial charge in [0.05, 0.1) is 6.61 Å². The number of carbonyl (C=O) groups excluding carboxylic acids is 2. The molecule has 0 heterocycles. The molecule has 4 nitrogen and oxygen atoms in total. The van der Waals surface area contributed by atoms with Crippen molar-refractivity contribution in [3.63, 3.8) is 0 Å². The highest BCUT2D eigenvalue weighted by atomic mass is 32.2. The Morgan fingerprint density at radius 3 is 2.54 bits per heavy atom. The van der Waals surface area contributed by atoms with Crippen LogP contribution in [-0.4, -0.2) is 24.6 Å². The molecule has 2 aromatic rings. The van der Waals surface area contributed by atoms with Crippen molar-refractivity contribution in [2.75, 3.05) is 18.2 Å². The molecule has 0 spiro atoms. The van der Waals surface area contributed by atoms with E-state index in [9.17, 15) is 9.59 Å². The highest BCUT2D eigenvalue weighted by Crippen LogP contribution is 2.19. The van der Waals surface area contributed by atoms with Crippen LogP contribution in [0.4, 0.5) is 5.69 Å². The molecule has 0 fully saturated rings. The van der Waals surface area contributed by atoms with E-state index in [1.807, 2.05) is 30.5 Å². The zero-order chi connectivity index (χ0) is 17.4. The van der Waals surface area contributed by atoms with Crippen LogP contribution >= 0.6 is 11.8 Å². The highest BCUT2D eigenvalue weighted by molar-refractivity contribution is 7.98. The van der Waals surface area contributed by atoms with Gasteiger partial charge in [-0.3, -0.25) is 9.59 Å². The van der Waals surface area contributed by atoms with Crippen molar-refractivity contribution in [3.8, 4) is 5.75 Å². The van der Waals surface area contributed by atoms with Gasteiger partial charge >= 0.3 is 0 Å². The fourth-order valence-corrected chi connectivity index (χ4v) is 2.59. The van der Waals surface area contributed by atoms with Gasteiger partial charge in [-0.05, 0) is 62.1 Å². The summed E-state index contributed by atoms with van der Waals surface area (Å²) in [5.74, 6) is 0.709. The molecule has 0 aromatic heterocycles. The lowest BCUT2D eigenvalue weighted by atomic mass is 10.1. The first-order valence-electron chi connectivity index (χ1n) is 7.76. The second-order valence-electron chi connectivity index (χ2n) is 5.31. The van der Waals surface area contributed by atoms with Gasteiger partial charge in [0, 0.05) is 22.6 Å². The smallest absolute Gasteiger partial charge is 0.224 e. The van der Waals surface area contributed by atoms with Crippen molar-refractivity contribution in [2.24, 2.45) is 0 Å². The molecule has 0 saturated carbocycles. The number of carbonyl (C=O) groups is 2. The third-order valence-corrected chi connectivity index (χ3v) is 4.16. The second-order valence-corrected chi connectivity index (χ2v) is 6.19. The van der Waals surface area contributed by atoms with Crippen LogP contribution < -0.4 is 10.1 Å². The number of rotatable bonds is 8. The number of Topliss-reactive ketones (excluding diaryl/α,β-unsaturated/α-hetero) is 1. The largest absolute Gasteiger partial charge is 0.494 e. The zero-order valence-electron chi connectivity index (χ0n) is 13.9. The summed E-state index contributed by atoms with van der Waals surface area (Å²) in [6, 6.07) is 14.8. The van der Waals surface area contributed by atoms with Gasteiger partial charge in [-0.1, -0.05) is 6.07 Å². The van der Waals surface area contributed by atoms with Crippen molar-refractivity contribution in [1.82, 2.24) is 0 Å². The van der Waals surface area contributed by atoms with Crippen LogP contribution in [0.15, 0.2) is 53.4 Å². The summed E-state index contributed by atoms with van der Waals surface area (Å²) < 4.78 is 5.58. The third kappa shape index (κ3) is 5.74. The number of nitrogens with one attached hydrogen (secondary N) is 1. The van der Waals surface area contributed by atoms with Gasteiger partial charge in [0.1, 0.15) is 5.75 Å². The van der Waals surface area contributed by atoms with Gasteiger partial charge in [-0.25, -0.2) is 0 Å². The van der Waals surface area contributed by atoms with Crippen LogP contribution in [0.1, 0.15) is 30.1 Å². The molecule has 2 aromatic carbocycles. The number of ether oxygens (including phenoxy) is 1. The fraction of sp³-hybridized carbons (Fsp3) is 0.263. The van der Waals surface area contributed by atoms with Crippen LogP contribution in [0.25, 0.3) is 0 Å². The molecule has 126 valence electrons. The normalized spacial score (nSPS) is 10.2. The van der Waals surface area contributed by atoms with Crippen molar-refractivity contribution in [1.29, 1.82) is 0 Å². The first kappa shape index (κ1) is 18.1. The Labute approximate surface area is 146 Å².